The number of likely N-dealkylation sites (N-methyl/N-ethyl adjacent to an activating group) is 1. The third-order valence-electron chi connectivity index (χ3n) is 6.59. The summed E-state index contributed by atoms with van der Waals surface area (Å²) in [5.74, 6) is 4.73. The number of aliphatic hydroxyl groups is 1. The number of halogens is 1. The number of amides is 1. The highest BCUT2D eigenvalue weighted by atomic mass is 32.2. The molecule has 2 aromatic carbocycles. The van der Waals surface area contributed by atoms with E-state index >= 15 is 0 Å². The first-order chi connectivity index (χ1) is 18.6. The van der Waals surface area contributed by atoms with Crippen LogP contribution in [0.3, 0.4) is 0 Å². The summed E-state index contributed by atoms with van der Waals surface area (Å²) in [7, 11) is -2.30. The van der Waals surface area contributed by atoms with Gasteiger partial charge in [0.15, 0.2) is 0 Å². The summed E-state index contributed by atoms with van der Waals surface area (Å²) in [5, 5.41) is 9.85. The van der Waals surface area contributed by atoms with Crippen LogP contribution in [0.25, 0.3) is 0 Å². The van der Waals surface area contributed by atoms with Crippen LogP contribution in [0.4, 0.5) is 4.39 Å². The lowest BCUT2D eigenvalue weighted by Crippen LogP contribution is -2.50. The molecule has 10 heteroatoms. The van der Waals surface area contributed by atoms with Crippen LogP contribution in [0.2, 0.25) is 0 Å². The highest BCUT2D eigenvalue weighted by molar-refractivity contribution is 7.89. The number of hydrogen-bond acceptors (Lipinski definition) is 6. The Bertz CT molecular complexity index is 1500. The van der Waals surface area contributed by atoms with Gasteiger partial charge in [0.2, 0.25) is 15.9 Å². The Balaban J connectivity index is 1.68. The molecule has 0 saturated heterocycles. The van der Waals surface area contributed by atoms with Crippen molar-refractivity contribution in [2.45, 2.75) is 30.9 Å². The molecule has 0 aliphatic carbocycles. The second-order valence-corrected chi connectivity index (χ2v) is 11.6. The third kappa shape index (κ3) is 6.45. The molecule has 4 rings (SSSR count). The minimum atomic E-state index is -3.78. The highest BCUT2D eigenvalue weighted by Crippen LogP contribution is 2.28. The molecular formula is C29H30FN3O5S. The van der Waals surface area contributed by atoms with E-state index in [-0.39, 0.29) is 47.9 Å². The topological polar surface area (TPSA) is 100 Å². The van der Waals surface area contributed by atoms with Gasteiger partial charge in [-0.3, -0.25) is 4.79 Å². The summed E-state index contributed by atoms with van der Waals surface area (Å²) in [6.07, 6.45) is 0.803. The summed E-state index contributed by atoms with van der Waals surface area (Å²) in [6, 6.07) is 15.0. The number of pyridine rings is 1. The second kappa shape index (κ2) is 11.9. The summed E-state index contributed by atoms with van der Waals surface area (Å²) in [4.78, 5) is 19.6. The van der Waals surface area contributed by atoms with Crippen LogP contribution in [-0.2, 0) is 10.0 Å². The van der Waals surface area contributed by atoms with Crippen LogP contribution in [0, 0.1) is 23.6 Å². The zero-order chi connectivity index (χ0) is 28.2. The minimum Gasteiger partial charge on any atom is -0.472 e. The molecule has 0 spiro atoms. The molecule has 0 unspecified atom stereocenters. The normalized spacial score (nSPS) is 18.3. The molecular weight excluding hydrogens is 521 g/mol. The number of ether oxygens (including phenoxy) is 1. The zero-order valence-corrected chi connectivity index (χ0v) is 22.7. The van der Waals surface area contributed by atoms with Gasteiger partial charge in [0.25, 0.3) is 5.91 Å². The number of aliphatic hydroxyl groups excluding tert-OH is 1. The fraction of sp³-hybridized carbons (Fsp3) is 0.310. The van der Waals surface area contributed by atoms with E-state index in [2.05, 4.69) is 16.8 Å². The van der Waals surface area contributed by atoms with Crippen molar-refractivity contribution in [2.75, 3.05) is 26.7 Å². The van der Waals surface area contributed by atoms with Crippen LogP contribution in [-0.4, -0.2) is 72.5 Å². The monoisotopic (exact) mass is 551 g/mol. The molecule has 0 saturated carbocycles. The van der Waals surface area contributed by atoms with Gasteiger partial charge in [0.05, 0.1) is 24.1 Å². The number of benzene rings is 2. The number of fused-ring (bicyclic) bond motifs is 1. The van der Waals surface area contributed by atoms with Gasteiger partial charge in [0.1, 0.15) is 17.5 Å². The molecule has 2 heterocycles. The fourth-order valence-electron chi connectivity index (χ4n) is 4.22. The Hall–Kier alpha value is -3.78. The predicted octanol–water partition coefficient (Wildman–Crippen LogP) is 3.16. The molecule has 1 aliphatic rings. The summed E-state index contributed by atoms with van der Waals surface area (Å²) < 4.78 is 47.3. The molecule has 3 atom stereocenters. The Labute approximate surface area is 228 Å². The first-order valence-electron chi connectivity index (χ1n) is 12.5. The highest BCUT2D eigenvalue weighted by Gasteiger charge is 2.35. The lowest BCUT2D eigenvalue weighted by Gasteiger charge is -2.37. The maximum atomic E-state index is 13.6. The number of sulfonamides is 1. The van der Waals surface area contributed by atoms with Crippen molar-refractivity contribution >= 4 is 15.9 Å². The smallest absolute Gasteiger partial charge is 0.259 e. The molecule has 1 amide bonds. The SMILES string of the molecule is C[C@H](CO)N1C[C@H](C)[C@H](CN(C)S(=O)(=O)c2ccccc2)Oc2ncc(C#Cc3cccc(F)c3)cc2C1=O. The van der Waals surface area contributed by atoms with E-state index in [1.807, 2.05) is 6.92 Å². The lowest BCUT2D eigenvalue weighted by molar-refractivity contribution is 0.0373. The van der Waals surface area contributed by atoms with Gasteiger partial charge in [-0.1, -0.05) is 43.0 Å². The number of nitrogens with zero attached hydrogens (tertiary/aromatic N) is 3. The van der Waals surface area contributed by atoms with E-state index in [4.69, 9.17) is 4.74 Å². The Morgan fingerprint density at radius 3 is 2.56 bits per heavy atom. The maximum absolute atomic E-state index is 13.6. The number of carbonyl (C=O) groups excluding carboxylic acids is 1. The maximum Gasteiger partial charge on any atom is 0.259 e. The van der Waals surface area contributed by atoms with Gasteiger partial charge in [-0.15, -0.1) is 0 Å². The van der Waals surface area contributed by atoms with Crippen molar-refractivity contribution in [1.29, 1.82) is 0 Å². The van der Waals surface area contributed by atoms with Crippen molar-refractivity contribution in [2.24, 2.45) is 5.92 Å². The van der Waals surface area contributed by atoms with Gasteiger partial charge in [-0.05, 0) is 43.3 Å². The standard InChI is InChI=1S/C29H30FN3O5S/c1-20-17-33(21(2)19-34)29(35)26-15-23(13-12-22-8-7-9-24(30)14-22)16-31-28(26)38-27(20)18-32(3)39(36,37)25-10-5-4-6-11-25/h4-11,14-16,20-21,27,34H,17-19H2,1-3H3/t20-,21+,27-/m0/s1. The summed E-state index contributed by atoms with van der Waals surface area (Å²) in [6.45, 7) is 3.57. The van der Waals surface area contributed by atoms with Gasteiger partial charge in [0, 0.05) is 36.8 Å². The third-order valence-corrected chi connectivity index (χ3v) is 8.42. The number of rotatable bonds is 6. The van der Waals surface area contributed by atoms with E-state index in [0.717, 1.165) is 0 Å². The first kappa shape index (κ1) is 28.2. The molecule has 0 bridgehead atoms. The lowest BCUT2D eigenvalue weighted by atomic mass is 10.0. The van der Waals surface area contributed by atoms with Crippen LogP contribution in [0.1, 0.15) is 35.3 Å². The summed E-state index contributed by atoms with van der Waals surface area (Å²) >= 11 is 0. The fourth-order valence-corrected chi connectivity index (χ4v) is 5.43. The second-order valence-electron chi connectivity index (χ2n) is 9.56. The van der Waals surface area contributed by atoms with Crippen molar-refractivity contribution in [1.82, 2.24) is 14.2 Å². The largest absolute Gasteiger partial charge is 0.472 e. The molecule has 0 fully saturated rings. The first-order valence-corrected chi connectivity index (χ1v) is 13.9. The van der Waals surface area contributed by atoms with Gasteiger partial charge in [-0.2, -0.15) is 4.31 Å². The van der Waals surface area contributed by atoms with Crippen LogP contribution >= 0.6 is 0 Å². The quantitative estimate of drug-likeness (QED) is 0.473. The minimum absolute atomic E-state index is 0.0101. The van der Waals surface area contributed by atoms with Crippen molar-refractivity contribution < 1.29 is 27.4 Å². The molecule has 3 aromatic rings. The van der Waals surface area contributed by atoms with Crippen molar-refractivity contribution in [3.63, 3.8) is 0 Å². The van der Waals surface area contributed by atoms with E-state index in [9.17, 15) is 22.7 Å². The van der Waals surface area contributed by atoms with Crippen molar-refractivity contribution in [3.05, 3.63) is 89.4 Å². The van der Waals surface area contributed by atoms with Gasteiger partial charge in [-0.25, -0.2) is 17.8 Å². The van der Waals surface area contributed by atoms with Crippen LogP contribution < -0.4 is 4.74 Å². The van der Waals surface area contributed by atoms with Crippen LogP contribution in [0.5, 0.6) is 5.88 Å². The molecule has 1 N–H and O–H groups in total. The number of aromatic nitrogens is 1. The Morgan fingerprint density at radius 2 is 1.87 bits per heavy atom. The zero-order valence-electron chi connectivity index (χ0n) is 21.9. The predicted molar refractivity (Wildman–Crippen MR) is 144 cm³/mol. The number of hydrogen-bond donors (Lipinski definition) is 1. The average Bonchev–Trinajstić information content (AvgIpc) is 2.93. The van der Waals surface area contributed by atoms with E-state index in [1.165, 1.54) is 46.7 Å². The number of carbonyl (C=O) groups is 1. The Morgan fingerprint density at radius 1 is 1.15 bits per heavy atom. The summed E-state index contributed by atoms with van der Waals surface area (Å²) in [5.41, 5.74) is 1.03. The van der Waals surface area contributed by atoms with E-state index < -0.39 is 28.0 Å². The molecule has 39 heavy (non-hydrogen) atoms. The Kier molecular flexibility index (Phi) is 8.65. The van der Waals surface area contributed by atoms with Crippen LogP contribution in [0.15, 0.2) is 71.8 Å². The molecule has 1 aromatic heterocycles. The molecule has 204 valence electrons. The van der Waals surface area contributed by atoms with E-state index in [0.29, 0.717) is 11.1 Å². The van der Waals surface area contributed by atoms with Gasteiger partial charge >= 0.3 is 0 Å². The van der Waals surface area contributed by atoms with Gasteiger partial charge < -0.3 is 14.7 Å². The van der Waals surface area contributed by atoms with Crippen molar-refractivity contribution in [3.8, 4) is 17.7 Å². The van der Waals surface area contributed by atoms with E-state index in [1.54, 1.807) is 43.3 Å². The molecule has 0 radical (unpaired) electrons. The average molecular weight is 552 g/mol. The molecule has 8 nitrogen and oxygen atoms in total. The molecule has 1 aliphatic heterocycles.